The van der Waals surface area contributed by atoms with Crippen molar-refractivity contribution in [2.75, 3.05) is 0 Å². The Labute approximate surface area is 338 Å². The maximum atomic E-state index is 6.20. The molecule has 0 amide bonds. The van der Waals surface area contributed by atoms with Crippen molar-refractivity contribution in [3.8, 4) is 78.4 Å². The van der Waals surface area contributed by atoms with Crippen molar-refractivity contribution < 1.29 is 4.42 Å². The molecular weight excluding hydrogens is 705 g/mol. The SMILES string of the molecule is CC1(C)c2ccccc2-c2ccc(-c3cccc(-c4cc(-c5cc(-c6ccccc6)cc(-c6ccc7oc8ccccc8c7c6)c5)nc(-c5ccccc5)n4)c3)cc21. The normalized spacial score (nSPS) is 12.8. The topological polar surface area (TPSA) is 38.9 Å². The van der Waals surface area contributed by atoms with Crippen LogP contribution in [0.4, 0.5) is 0 Å². The van der Waals surface area contributed by atoms with E-state index in [0.717, 1.165) is 77.8 Å². The summed E-state index contributed by atoms with van der Waals surface area (Å²) in [6.45, 7) is 4.67. The van der Waals surface area contributed by atoms with Crippen LogP contribution < -0.4 is 0 Å². The number of para-hydroxylation sites is 1. The number of fused-ring (bicyclic) bond motifs is 6. The lowest BCUT2D eigenvalue weighted by atomic mass is 9.81. The minimum atomic E-state index is -0.0725. The Morgan fingerprint density at radius 3 is 1.72 bits per heavy atom. The van der Waals surface area contributed by atoms with Crippen LogP contribution in [-0.4, -0.2) is 9.97 Å². The third-order valence-corrected chi connectivity index (χ3v) is 11.9. The van der Waals surface area contributed by atoms with Gasteiger partial charge in [-0.2, -0.15) is 0 Å². The minimum absolute atomic E-state index is 0.0725. The van der Waals surface area contributed by atoms with Gasteiger partial charge < -0.3 is 4.42 Å². The van der Waals surface area contributed by atoms with E-state index < -0.39 is 0 Å². The summed E-state index contributed by atoms with van der Waals surface area (Å²) >= 11 is 0. The fourth-order valence-electron chi connectivity index (χ4n) is 8.85. The summed E-state index contributed by atoms with van der Waals surface area (Å²) in [6, 6.07) is 69.1. The molecule has 0 unspecified atom stereocenters. The van der Waals surface area contributed by atoms with Crippen LogP contribution in [0.1, 0.15) is 25.0 Å². The molecule has 3 heteroatoms. The molecule has 2 heterocycles. The van der Waals surface area contributed by atoms with Gasteiger partial charge in [0.15, 0.2) is 5.82 Å². The maximum absolute atomic E-state index is 6.20. The van der Waals surface area contributed by atoms with E-state index in [1.54, 1.807) is 0 Å². The first-order valence-corrected chi connectivity index (χ1v) is 19.9. The number of benzene rings is 8. The van der Waals surface area contributed by atoms with Crippen LogP contribution >= 0.6 is 0 Å². The van der Waals surface area contributed by atoms with Gasteiger partial charge in [0.25, 0.3) is 0 Å². The second kappa shape index (κ2) is 13.4. The van der Waals surface area contributed by atoms with E-state index in [1.165, 1.54) is 27.8 Å². The Morgan fingerprint density at radius 1 is 0.345 bits per heavy atom. The van der Waals surface area contributed by atoms with Gasteiger partial charge in [0.05, 0.1) is 11.4 Å². The molecule has 10 aromatic rings. The van der Waals surface area contributed by atoms with Crippen molar-refractivity contribution in [3.05, 3.63) is 205 Å². The van der Waals surface area contributed by atoms with Gasteiger partial charge in [-0.3, -0.25) is 0 Å². The van der Waals surface area contributed by atoms with E-state index in [0.29, 0.717) is 5.82 Å². The lowest BCUT2D eigenvalue weighted by molar-refractivity contribution is 0.660. The molecule has 0 N–H and O–H groups in total. The van der Waals surface area contributed by atoms with E-state index >= 15 is 0 Å². The quantitative estimate of drug-likeness (QED) is 0.170. The van der Waals surface area contributed by atoms with Gasteiger partial charge in [0.1, 0.15) is 11.2 Å². The molecule has 58 heavy (non-hydrogen) atoms. The Bertz CT molecular complexity index is 3190. The molecule has 1 aliphatic rings. The van der Waals surface area contributed by atoms with Crippen molar-refractivity contribution >= 4 is 21.9 Å². The molecule has 0 saturated carbocycles. The summed E-state index contributed by atoms with van der Waals surface area (Å²) in [5.41, 5.74) is 18.7. The summed E-state index contributed by atoms with van der Waals surface area (Å²) in [6.07, 6.45) is 0. The third kappa shape index (κ3) is 5.74. The van der Waals surface area contributed by atoms with Crippen LogP contribution in [-0.2, 0) is 5.41 Å². The standard InChI is InChI=1S/C55H38N2O/c1-55(2)48-22-11-9-20-44(48)45-26-24-39(33-49(45)55)37-18-13-19-40(28-37)50-34-51(57-54(56-50)36-16-7-4-8-17-36)43-30-41(35-14-5-3-6-15-35)29-42(31-43)38-25-27-53-47(32-38)46-21-10-12-23-52(46)58-53/h3-34H,1-2H3. The molecular formula is C55H38N2O. The maximum Gasteiger partial charge on any atom is 0.160 e. The molecule has 0 spiro atoms. The van der Waals surface area contributed by atoms with Crippen molar-refractivity contribution in [3.63, 3.8) is 0 Å². The highest BCUT2D eigenvalue weighted by Crippen LogP contribution is 2.49. The predicted octanol–water partition coefficient (Wildman–Crippen LogP) is 14.7. The second-order valence-corrected chi connectivity index (χ2v) is 15.8. The molecule has 0 fully saturated rings. The van der Waals surface area contributed by atoms with Gasteiger partial charge in [0, 0.05) is 32.9 Å². The number of rotatable bonds is 6. The molecule has 1 aliphatic carbocycles. The van der Waals surface area contributed by atoms with E-state index in [2.05, 4.69) is 178 Å². The summed E-state index contributed by atoms with van der Waals surface area (Å²) in [5.74, 6) is 0.688. The Balaban J connectivity index is 1.06. The molecule has 274 valence electrons. The summed E-state index contributed by atoms with van der Waals surface area (Å²) in [7, 11) is 0. The van der Waals surface area contributed by atoms with E-state index in [1.807, 2.05) is 30.3 Å². The van der Waals surface area contributed by atoms with Crippen LogP contribution in [0.3, 0.4) is 0 Å². The summed E-state index contributed by atoms with van der Waals surface area (Å²) in [4.78, 5) is 10.5. The molecule has 11 rings (SSSR count). The fraction of sp³-hybridized carbons (Fsp3) is 0.0545. The average molecular weight is 743 g/mol. The number of furan rings is 1. The Hall–Kier alpha value is -7.36. The largest absolute Gasteiger partial charge is 0.456 e. The predicted molar refractivity (Wildman–Crippen MR) is 239 cm³/mol. The first-order valence-electron chi connectivity index (χ1n) is 19.9. The Morgan fingerprint density at radius 2 is 0.897 bits per heavy atom. The van der Waals surface area contributed by atoms with E-state index in [4.69, 9.17) is 14.4 Å². The van der Waals surface area contributed by atoms with Gasteiger partial charge in [-0.15, -0.1) is 0 Å². The first-order chi connectivity index (χ1) is 28.5. The highest BCUT2D eigenvalue weighted by Gasteiger charge is 2.35. The highest BCUT2D eigenvalue weighted by atomic mass is 16.3. The number of nitrogens with zero attached hydrogens (tertiary/aromatic N) is 2. The Kier molecular flexibility index (Phi) is 7.84. The van der Waals surface area contributed by atoms with E-state index in [-0.39, 0.29) is 5.41 Å². The first kappa shape index (κ1) is 33.9. The zero-order valence-corrected chi connectivity index (χ0v) is 32.3. The highest BCUT2D eigenvalue weighted by molar-refractivity contribution is 6.06. The molecule has 3 nitrogen and oxygen atoms in total. The lowest BCUT2D eigenvalue weighted by Crippen LogP contribution is -2.14. The van der Waals surface area contributed by atoms with Crippen molar-refractivity contribution in [1.29, 1.82) is 0 Å². The molecule has 0 radical (unpaired) electrons. The zero-order chi connectivity index (χ0) is 38.8. The van der Waals surface area contributed by atoms with Crippen molar-refractivity contribution in [2.45, 2.75) is 19.3 Å². The number of hydrogen-bond acceptors (Lipinski definition) is 3. The van der Waals surface area contributed by atoms with Crippen molar-refractivity contribution in [1.82, 2.24) is 9.97 Å². The lowest BCUT2D eigenvalue weighted by Gasteiger charge is -2.22. The zero-order valence-electron chi connectivity index (χ0n) is 32.3. The summed E-state index contributed by atoms with van der Waals surface area (Å²) < 4.78 is 6.20. The van der Waals surface area contributed by atoms with Gasteiger partial charge in [-0.05, 0) is 110 Å². The van der Waals surface area contributed by atoms with Gasteiger partial charge in [-0.25, -0.2) is 9.97 Å². The molecule has 8 aromatic carbocycles. The smallest absolute Gasteiger partial charge is 0.160 e. The van der Waals surface area contributed by atoms with Gasteiger partial charge in [-0.1, -0.05) is 153 Å². The number of aromatic nitrogens is 2. The third-order valence-electron chi connectivity index (χ3n) is 11.9. The summed E-state index contributed by atoms with van der Waals surface area (Å²) in [5, 5.41) is 2.22. The van der Waals surface area contributed by atoms with Crippen molar-refractivity contribution in [2.24, 2.45) is 0 Å². The van der Waals surface area contributed by atoms with Crippen LogP contribution in [0.2, 0.25) is 0 Å². The minimum Gasteiger partial charge on any atom is -0.456 e. The van der Waals surface area contributed by atoms with Gasteiger partial charge >= 0.3 is 0 Å². The van der Waals surface area contributed by atoms with Crippen LogP contribution in [0, 0.1) is 0 Å². The molecule has 0 bridgehead atoms. The molecule has 2 aromatic heterocycles. The van der Waals surface area contributed by atoms with E-state index in [9.17, 15) is 0 Å². The van der Waals surface area contributed by atoms with Gasteiger partial charge in [0.2, 0.25) is 0 Å². The molecule has 0 atom stereocenters. The molecule has 0 saturated heterocycles. The van der Waals surface area contributed by atoms with Crippen LogP contribution in [0.15, 0.2) is 199 Å². The second-order valence-electron chi connectivity index (χ2n) is 15.8. The monoisotopic (exact) mass is 742 g/mol. The number of hydrogen-bond donors (Lipinski definition) is 0. The fourth-order valence-corrected chi connectivity index (χ4v) is 8.85. The van der Waals surface area contributed by atoms with Crippen LogP contribution in [0.25, 0.3) is 100 Å². The molecule has 0 aliphatic heterocycles. The average Bonchev–Trinajstić information content (AvgIpc) is 3.77. The van der Waals surface area contributed by atoms with Crippen LogP contribution in [0.5, 0.6) is 0 Å².